The summed E-state index contributed by atoms with van der Waals surface area (Å²) < 4.78 is 45.5. The molecule has 1 atom stereocenters. The second-order valence-corrected chi connectivity index (χ2v) is 7.76. The third-order valence-corrected chi connectivity index (χ3v) is 5.57. The van der Waals surface area contributed by atoms with Crippen LogP contribution in [0, 0.1) is 5.92 Å². The van der Waals surface area contributed by atoms with Gasteiger partial charge in [-0.3, -0.25) is 9.59 Å². The maximum absolute atomic E-state index is 13.4. The minimum absolute atomic E-state index is 0.115. The predicted molar refractivity (Wildman–Crippen MR) is 118 cm³/mol. The second kappa shape index (κ2) is 10.5. The normalized spacial score (nSPS) is 16.3. The molecule has 1 aromatic heterocycles. The summed E-state index contributed by atoms with van der Waals surface area (Å²) in [6.45, 7) is 2.39. The van der Waals surface area contributed by atoms with Crippen LogP contribution in [0.25, 0.3) is 0 Å². The Balaban J connectivity index is 1.68. The van der Waals surface area contributed by atoms with Crippen LogP contribution in [-0.4, -0.2) is 55.0 Å². The number of halogens is 3. The Labute approximate surface area is 190 Å². The number of carbonyl (C=O) groups excluding carboxylic acids is 2. The highest BCUT2D eigenvalue weighted by atomic mass is 19.4. The molecule has 0 bridgehead atoms. The number of amides is 2. The van der Waals surface area contributed by atoms with Crippen molar-refractivity contribution in [2.45, 2.75) is 25.9 Å². The fraction of sp³-hybridized carbons (Fsp3) is 0.435. The van der Waals surface area contributed by atoms with Crippen LogP contribution in [0.15, 0.2) is 42.6 Å². The molecule has 33 heavy (non-hydrogen) atoms. The summed E-state index contributed by atoms with van der Waals surface area (Å²) in [6.07, 6.45) is -2.13. The SMILES string of the molecule is CCN(CC(=O)Nc1ccccc1OC)C(=O)C1CCCN(c2ncccc2C(F)(F)F)C1. The van der Waals surface area contributed by atoms with Gasteiger partial charge >= 0.3 is 6.18 Å². The number of methoxy groups -OCH3 is 1. The molecule has 178 valence electrons. The summed E-state index contributed by atoms with van der Waals surface area (Å²) in [4.78, 5) is 32.6. The van der Waals surface area contributed by atoms with Gasteiger partial charge in [-0.1, -0.05) is 12.1 Å². The molecule has 1 saturated heterocycles. The number of rotatable bonds is 7. The van der Waals surface area contributed by atoms with Crippen LogP contribution in [0.5, 0.6) is 5.75 Å². The number of alkyl halides is 3. The van der Waals surface area contributed by atoms with Gasteiger partial charge in [0.05, 0.1) is 30.8 Å². The lowest BCUT2D eigenvalue weighted by Gasteiger charge is -2.36. The maximum Gasteiger partial charge on any atom is 0.419 e. The van der Waals surface area contributed by atoms with Gasteiger partial charge in [0.1, 0.15) is 11.6 Å². The van der Waals surface area contributed by atoms with E-state index in [2.05, 4.69) is 10.3 Å². The van der Waals surface area contributed by atoms with E-state index in [0.717, 1.165) is 6.07 Å². The zero-order valence-electron chi connectivity index (χ0n) is 18.6. The summed E-state index contributed by atoms with van der Waals surface area (Å²) in [7, 11) is 1.49. The minimum Gasteiger partial charge on any atom is -0.495 e. The van der Waals surface area contributed by atoms with E-state index < -0.39 is 17.7 Å². The molecule has 1 unspecified atom stereocenters. The lowest BCUT2D eigenvalue weighted by atomic mass is 9.96. The molecule has 0 saturated carbocycles. The number of carbonyl (C=O) groups is 2. The van der Waals surface area contributed by atoms with Gasteiger partial charge in [0.2, 0.25) is 11.8 Å². The number of para-hydroxylation sites is 2. The molecule has 0 radical (unpaired) electrons. The summed E-state index contributed by atoms with van der Waals surface area (Å²) in [6, 6.07) is 9.18. The van der Waals surface area contributed by atoms with Crippen molar-refractivity contribution in [3.05, 3.63) is 48.2 Å². The summed E-state index contributed by atoms with van der Waals surface area (Å²) in [5.74, 6) is -0.840. The molecule has 1 aromatic carbocycles. The van der Waals surface area contributed by atoms with Crippen molar-refractivity contribution in [3.63, 3.8) is 0 Å². The molecule has 2 aromatic rings. The van der Waals surface area contributed by atoms with Gasteiger partial charge in [0, 0.05) is 25.8 Å². The maximum atomic E-state index is 13.4. The fourth-order valence-electron chi connectivity index (χ4n) is 3.96. The van der Waals surface area contributed by atoms with Crippen molar-refractivity contribution >= 4 is 23.3 Å². The molecule has 1 fully saturated rings. The number of nitrogens with one attached hydrogen (secondary N) is 1. The lowest BCUT2D eigenvalue weighted by Crippen LogP contribution is -2.47. The van der Waals surface area contributed by atoms with Crippen LogP contribution in [0.3, 0.4) is 0 Å². The van der Waals surface area contributed by atoms with E-state index >= 15 is 0 Å². The van der Waals surface area contributed by atoms with Gasteiger partial charge in [-0.15, -0.1) is 0 Å². The van der Waals surface area contributed by atoms with Crippen molar-refractivity contribution in [1.29, 1.82) is 0 Å². The van der Waals surface area contributed by atoms with E-state index in [0.29, 0.717) is 37.4 Å². The summed E-state index contributed by atoms with van der Waals surface area (Å²) in [5, 5.41) is 2.74. The van der Waals surface area contributed by atoms with Crippen LogP contribution in [0.2, 0.25) is 0 Å². The number of likely N-dealkylation sites (N-methyl/N-ethyl adjacent to an activating group) is 1. The number of pyridine rings is 1. The van der Waals surface area contributed by atoms with Gasteiger partial charge in [-0.2, -0.15) is 13.2 Å². The number of hydrogen-bond donors (Lipinski definition) is 1. The fourth-order valence-corrected chi connectivity index (χ4v) is 3.96. The zero-order valence-corrected chi connectivity index (χ0v) is 18.6. The first-order chi connectivity index (χ1) is 15.7. The third-order valence-electron chi connectivity index (χ3n) is 5.57. The van der Waals surface area contributed by atoms with E-state index in [1.165, 1.54) is 29.2 Å². The van der Waals surface area contributed by atoms with Gasteiger partial charge in [-0.25, -0.2) is 4.98 Å². The average Bonchev–Trinajstić information content (AvgIpc) is 2.82. The molecule has 7 nitrogen and oxygen atoms in total. The van der Waals surface area contributed by atoms with E-state index in [1.807, 2.05) is 0 Å². The number of aromatic nitrogens is 1. The van der Waals surface area contributed by atoms with Crippen molar-refractivity contribution in [2.75, 3.05) is 43.5 Å². The van der Waals surface area contributed by atoms with Crippen LogP contribution in [-0.2, 0) is 15.8 Å². The van der Waals surface area contributed by atoms with E-state index in [4.69, 9.17) is 4.74 Å². The quantitative estimate of drug-likeness (QED) is 0.675. The van der Waals surface area contributed by atoms with Gasteiger partial charge in [0.25, 0.3) is 0 Å². The van der Waals surface area contributed by atoms with Crippen molar-refractivity contribution < 1.29 is 27.5 Å². The molecule has 0 aliphatic carbocycles. The average molecular weight is 464 g/mol. The molecule has 1 aliphatic rings. The standard InChI is InChI=1S/C23H27F3N4O3/c1-3-29(15-20(31)28-18-10-4-5-11-19(18)33-2)22(32)16-8-7-13-30(14-16)21-17(23(24,25)26)9-6-12-27-21/h4-6,9-12,16H,3,7-8,13-15H2,1-2H3,(H,28,31). The minimum atomic E-state index is -4.54. The smallest absolute Gasteiger partial charge is 0.419 e. The number of piperidine rings is 1. The third kappa shape index (κ3) is 5.94. The second-order valence-electron chi connectivity index (χ2n) is 7.76. The molecule has 1 N–H and O–H groups in total. The Morgan fingerprint density at radius 3 is 2.70 bits per heavy atom. The summed E-state index contributed by atoms with van der Waals surface area (Å²) in [5.41, 5.74) is -0.325. The zero-order chi connectivity index (χ0) is 24.0. The van der Waals surface area contributed by atoms with E-state index in [9.17, 15) is 22.8 Å². The molecule has 1 aliphatic heterocycles. The van der Waals surface area contributed by atoms with Gasteiger partial charge in [0.15, 0.2) is 0 Å². The highest BCUT2D eigenvalue weighted by Crippen LogP contribution is 2.36. The molecule has 3 rings (SSSR count). The highest BCUT2D eigenvalue weighted by Gasteiger charge is 2.38. The van der Waals surface area contributed by atoms with Gasteiger partial charge < -0.3 is 19.9 Å². The molecule has 0 spiro atoms. The van der Waals surface area contributed by atoms with Crippen LogP contribution < -0.4 is 15.0 Å². The molecule has 10 heteroatoms. The number of ether oxygens (including phenoxy) is 1. The largest absolute Gasteiger partial charge is 0.495 e. The topological polar surface area (TPSA) is 74.8 Å². The van der Waals surface area contributed by atoms with Crippen molar-refractivity contribution in [3.8, 4) is 5.75 Å². The molecular formula is C23H27F3N4O3. The predicted octanol–water partition coefficient (Wildman–Crippen LogP) is 3.81. The van der Waals surface area contributed by atoms with Gasteiger partial charge in [-0.05, 0) is 44.0 Å². The Morgan fingerprint density at radius 1 is 1.24 bits per heavy atom. The summed E-state index contributed by atoms with van der Waals surface area (Å²) >= 11 is 0. The van der Waals surface area contributed by atoms with E-state index in [1.54, 1.807) is 31.2 Å². The van der Waals surface area contributed by atoms with Crippen molar-refractivity contribution in [1.82, 2.24) is 9.88 Å². The lowest BCUT2D eigenvalue weighted by molar-refractivity contribution is -0.138. The first-order valence-corrected chi connectivity index (χ1v) is 10.7. The Morgan fingerprint density at radius 2 is 2.00 bits per heavy atom. The molecular weight excluding hydrogens is 437 g/mol. The Hall–Kier alpha value is -3.30. The van der Waals surface area contributed by atoms with E-state index in [-0.39, 0.29) is 30.7 Å². The first kappa shape index (κ1) is 24.3. The monoisotopic (exact) mass is 464 g/mol. The number of benzene rings is 1. The van der Waals surface area contributed by atoms with Crippen LogP contribution >= 0.6 is 0 Å². The molecule has 2 amide bonds. The van der Waals surface area contributed by atoms with Crippen LogP contribution in [0.1, 0.15) is 25.3 Å². The molecule has 2 heterocycles. The Bertz CT molecular complexity index is 983. The number of hydrogen-bond acceptors (Lipinski definition) is 5. The number of anilines is 2. The first-order valence-electron chi connectivity index (χ1n) is 10.7. The Kier molecular flexibility index (Phi) is 7.78. The highest BCUT2D eigenvalue weighted by molar-refractivity contribution is 5.96. The van der Waals surface area contributed by atoms with Crippen molar-refractivity contribution in [2.24, 2.45) is 5.92 Å². The number of nitrogens with zero attached hydrogens (tertiary/aromatic N) is 3. The van der Waals surface area contributed by atoms with Crippen LogP contribution in [0.4, 0.5) is 24.7 Å².